The fraction of sp³-hybridized carbons (Fsp3) is 0.800. The van der Waals surface area contributed by atoms with Crippen molar-refractivity contribution in [3.05, 3.63) is 0 Å². The Bertz CT molecular complexity index is 429. The summed E-state index contributed by atoms with van der Waals surface area (Å²) in [4.78, 5) is 36.7. The Labute approximate surface area is 124 Å². The summed E-state index contributed by atoms with van der Waals surface area (Å²) in [6.45, 7) is 2.67. The predicted octanol–water partition coefficient (Wildman–Crippen LogP) is 1.15. The zero-order valence-corrected chi connectivity index (χ0v) is 12.6. The van der Waals surface area contributed by atoms with E-state index in [1.807, 2.05) is 0 Å². The van der Waals surface area contributed by atoms with Crippen molar-refractivity contribution < 1.29 is 19.5 Å². The van der Waals surface area contributed by atoms with Crippen molar-refractivity contribution in [3.8, 4) is 0 Å². The van der Waals surface area contributed by atoms with Gasteiger partial charge >= 0.3 is 5.97 Å². The van der Waals surface area contributed by atoms with Crippen LogP contribution < -0.4 is 5.32 Å². The third-order valence-corrected chi connectivity index (χ3v) is 4.68. The van der Waals surface area contributed by atoms with Crippen LogP contribution in [-0.2, 0) is 14.4 Å². The van der Waals surface area contributed by atoms with Crippen LogP contribution in [0.1, 0.15) is 51.9 Å². The van der Waals surface area contributed by atoms with Gasteiger partial charge in [-0.05, 0) is 25.7 Å². The molecule has 6 nitrogen and oxygen atoms in total. The van der Waals surface area contributed by atoms with Gasteiger partial charge in [0.2, 0.25) is 11.8 Å². The number of carboxylic acids is 1. The minimum atomic E-state index is -0.869. The lowest BCUT2D eigenvalue weighted by atomic mass is 9.90. The lowest BCUT2D eigenvalue weighted by molar-refractivity contribution is -0.139. The van der Waals surface area contributed by atoms with E-state index in [1.165, 1.54) is 6.92 Å². The molecule has 0 aromatic carbocycles. The fourth-order valence-corrected chi connectivity index (χ4v) is 3.53. The largest absolute Gasteiger partial charge is 0.481 e. The number of hydrogen-bond donors (Lipinski definition) is 2. The third kappa shape index (κ3) is 3.95. The first-order chi connectivity index (χ1) is 9.92. The third-order valence-electron chi connectivity index (χ3n) is 4.68. The molecular weight excluding hydrogens is 272 g/mol. The molecule has 2 aliphatic rings. The number of rotatable bonds is 4. The van der Waals surface area contributed by atoms with Crippen LogP contribution in [0.4, 0.5) is 0 Å². The second-order valence-corrected chi connectivity index (χ2v) is 6.35. The van der Waals surface area contributed by atoms with Crippen LogP contribution in [0.2, 0.25) is 0 Å². The van der Waals surface area contributed by atoms with Gasteiger partial charge in [-0.1, -0.05) is 12.8 Å². The summed E-state index contributed by atoms with van der Waals surface area (Å²) in [5.74, 6) is -1.18. The van der Waals surface area contributed by atoms with Gasteiger partial charge in [0, 0.05) is 20.0 Å². The molecule has 118 valence electrons. The highest BCUT2D eigenvalue weighted by Gasteiger charge is 2.39. The van der Waals surface area contributed by atoms with Crippen molar-refractivity contribution in [3.63, 3.8) is 0 Å². The van der Waals surface area contributed by atoms with Crippen molar-refractivity contribution in [2.75, 3.05) is 13.1 Å². The van der Waals surface area contributed by atoms with Gasteiger partial charge in [-0.15, -0.1) is 0 Å². The molecule has 0 bridgehead atoms. The Hall–Kier alpha value is -1.59. The Balaban J connectivity index is 1.98. The van der Waals surface area contributed by atoms with Crippen molar-refractivity contribution in [1.29, 1.82) is 0 Å². The highest BCUT2D eigenvalue weighted by Crippen LogP contribution is 2.33. The maximum Gasteiger partial charge on any atom is 0.305 e. The lowest BCUT2D eigenvalue weighted by Gasteiger charge is -2.35. The minimum absolute atomic E-state index is 0.00591. The number of likely N-dealkylation sites (tertiary alicyclic amines) is 1. The number of nitrogens with zero attached hydrogens (tertiary/aromatic N) is 1. The van der Waals surface area contributed by atoms with Gasteiger partial charge in [-0.25, -0.2) is 0 Å². The number of aliphatic carboxylic acids is 1. The smallest absolute Gasteiger partial charge is 0.305 e. The van der Waals surface area contributed by atoms with Gasteiger partial charge < -0.3 is 15.3 Å². The molecule has 2 rings (SSSR count). The number of nitrogens with one attached hydrogen (secondary N) is 1. The average Bonchev–Trinajstić information content (AvgIpc) is 2.86. The van der Waals surface area contributed by atoms with Crippen LogP contribution in [-0.4, -0.2) is 46.4 Å². The van der Waals surface area contributed by atoms with E-state index in [4.69, 9.17) is 5.11 Å². The van der Waals surface area contributed by atoms with E-state index >= 15 is 0 Å². The molecule has 1 atom stereocenters. The first-order valence-corrected chi connectivity index (χ1v) is 7.71. The number of carboxylic acid groups (broad SMARTS) is 1. The monoisotopic (exact) mass is 296 g/mol. The summed E-state index contributed by atoms with van der Waals surface area (Å²) in [6, 6.07) is 0. The van der Waals surface area contributed by atoms with Gasteiger partial charge in [0.15, 0.2) is 0 Å². The highest BCUT2D eigenvalue weighted by atomic mass is 16.4. The van der Waals surface area contributed by atoms with E-state index < -0.39 is 11.5 Å². The summed E-state index contributed by atoms with van der Waals surface area (Å²) in [5.41, 5.74) is -0.582. The molecule has 2 N–H and O–H groups in total. The zero-order valence-electron chi connectivity index (χ0n) is 12.6. The van der Waals surface area contributed by atoms with Crippen LogP contribution in [0.15, 0.2) is 0 Å². The normalized spacial score (nSPS) is 24.6. The highest BCUT2D eigenvalue weighted by molar-refractivity contribution is 5.82. The topological polar surface area (TPSA) is 86.7 Å². The number of carbonyl (C=O) groups excluding carboxylic acids is 2. The number of piperidine rings is 1. The van der Waals surface area contributed by atoms with E-state index in [2.05, 4.69) is 5.32 Å². The second kappa shape index (κ2) is 6.45. The number of hydrogen-bond acceptors (Lipinski definition) is 3. The summed E-state index contributed by atoms with van der Waals surface area (Å²) in [6.07, 6.45) is 4.95. The van der Waals surface area contributed by atoms with E-state index in [0.29, 0.717) is 13.1 Å². The molecule has 2 amide bonds. The molecule has 1 unspecified atom stereocenters. The van der Waals surface area contributed by atoms with Gasteiger partial charge in [0.25, 0.3) is 0 Å². The SMILES string of the molecule is CC(=O)N1CCCC(C(=O)NC2(CC(=O)O)CCCC2)C1. The van der Waals surface area contributed by atoms with Gasteiger partial charge in [0.1, 0.15) is 0 Å². The van der Waals surface area contributed by atoms with Crippen molar-refractivity contribution in [1.82, 2.24) is 10.2 Å². The molecule has 0 aromatic heterocycles. The number of amides is 2. The van der Waals surface area contributed by atoms with E-state index in [-0.39, 0.29) is 24.2 Å². The Kier molecular flexibility index (Phi) is 4.85. The maximum absolute atomic E-state index is 12.5. The molecule has 1 saturated heterocycles. The standard InChI is InChI=1S/C15H24N2O4/c1-11(18)17-8-4-5-12(10-17)14(21)16-15(9-13(19)20)6-2-3-7-15/h12H,2-10H2,1H3,(H,16,21)(H,19,20). The Morgan fingerprint density at radius 1 is 1.24 bits per heavy atom. The average molecular weight is 296 g/mol. The van der Waals surface area contributed by atoms with Gasteiger partial charge in [-0.3, -0.25) is 14.4 Å². The molecule has 1 aliphatic carbocycles. The Morgan fingerprint density at radius 3 is 2.48 bits per heavy atom. The summed E-state index contributed by atoms with van der Waals surface area (Å²) in [7, 11) is 0. The molecule has 2 fully saturated rings. The lowest BCUT2D eigenvalue weighted by Crippen LogP contribution is -2.53. The molecule has 1 saturated carbocycles. The Morgan fingerprint density at radius 2 is 1.90 bits per heavy atom. The van der Waals surface area contributed by atoms with Crippen LogP contribution >= 0.6 is 0 Å². The summed E-state index contributed by atoms with van der Waals surface area (Å²) in [5, 5.41) is 12.1. The van der Waals surface area contributed by atoms with Gasteiger partial charge in [0.05, 0.1) is 17.9 Å². The van der Waals surface area contributed by atoms with E-state index in [1.54, 1.807) is 4.90 Å². The maximum atomic E-state index is 12.5. The molecule has 0 radical (unpaired) electrons. The fourth-order valence-electron chi connectivity index (χ4n) is 3.53. The molecule has 0 spiro atoms. The zero-order chi connectivity index (χ0) is 15.5. The number of carbonyl (C=O) groups is 3. The van der Waals surface area contributed by atoms with E-state index in [0.717, 1.165) is 38.5 Å². The van der Waals surface area contributed by atoms with Crippen LogP contribution in [0, 0.1) is 5.92 Å². The molecule has 0 aromatic rings. The first-order valence-electron chi connectivity index (χ1n) is 7.71. The molecule has 6 heteroatoms. The predicted molar refractivity (Wildman–Crippen MR) is 76.6 cm³/mol. The van der Waals surface area contributed by atoms with Crippen LogP contribution in [0.3, 0.4) is 0 Å². The van der Waals surface area contributed by atoms with Gasteiger partial charge in [-0.2, -0.15) is 0 Å². The van der Waals surface area contributed by atoms with Crippen LogP contribution in [0.5, 0.6) is 0 Å². The van der Waals surface area contributed by atoms with E-state index in [9.17, 15) is 14.4 Å². The van der Waals surface area contributed by atoms with Crippen LogP contribution in [0.25, 0.3) is 0 Å². The van der Waals surface area contributed by atoms with Crippen molar-refractivity contribution >= 4 is 17.8 Å². The molecule has 1 heterocycles. The molecule has 21 heavy (non-hydrogen) atoms. The van der Waals surface area contributed by atoms with Crippen molar-refractivity contribution in [2.24, 2.45) is 5.92 Å². The van der Waals surface area contributed by atoms with Crippen molar-refractivity contribution in [2.45, 2.75) is 57.4 Å². The molecule has 1 aliphatic heterocycles. The minimum Gasteiger partial charge on any atom is -0.481 e. The summed E-state index contributed by atoms with van der Waals surface area (Å²) < 4.78 is 0. The molecular formula is C15H24N2O4. The first kappa shape index (κ1) is 15.8. The quantitative estimate of drug-likeness (QED) is 0.814. The second-order valence-electron chi connectivity index (χ2n) is 6.35. The summed E-state index contributed by atoms with van der Waals surface area (Å²) >= 11 is 0.